The van der Waals surface area contributed by atoms with Crippen molar-refractivity contribution in [2.75, 3.05) is 19.7 Å². The van der Waals surface area contributed by atoms with E-state index < -0.39 is 17.3 Å². The molecule has 1 aromatic carbocycles. The lowest BCUT2D eigenvalue weighted by molar-refractivity contribution is -0.134. The van der Waals surface area contributed by atoms with Crippen LogP contribution in [0.5, 0.6) is 5.75 Å². The lowest BCUT2D eigenvalue weighted by Crippen LogP contribution is -2.47. The van der Waals surface area contributed by atoms with Gasteiger partial charge in [0.05, 0.1) is 33.0 Å². The van der Waals surface area contributed by atoms with Crippen molar-refractivity contribution >= 4 is 46.4 Å². The van der Waals surface area contributed by atoms with Gasteiger partial charge in [0, 0.05) is 13.1 Å². The first-order chi connectivity index (χ1) is 12.3. The molecule has 1 aromatic rings. The summed E-state index contributed by atoms with van der Waals surface area (Å²) in [7, 11) is 0. The number of carbonyl (C=O) groups is 2. The molecule has 1 atom stereocenters. The Hall–Kier alpha value is -1.45. The van der Waals surface area contributed by atoms with Crippen molar-refractivity contribution in [1.29, 1.82) is 0 Å². The Kier molecular flexibility index (Phi) is 7.60. The number of likely N-dealkylation sites (tertiary alicyclic amines) is 1. The Bertz CT molecular complexity index is 695. The first kappa shape index (κ1) is 20.9. The molecular formula is C16H18Cl2N2O5S. The number of piperidine rings is 1. The Morgan fingerprint density at radius 1 is 1.38 bits per heavy atom. The molecule has 0 aliphatic carbocycles. The largest absolute Gasteiger partial charge is 0.593 e. The van der Waals surface area contributed by atoms with E-state index >= 15 is 0 Å². The lowest BCUT2D eigenvalue weighted by Gasteiger charge is -2.31. The van der Waals surface area contributed by atoms with Gasteiger partial charge < -0.3 is 19.3 Å². The zero-order valence-corrected chi connectivity index (χ0v) is 16.1. The van der Waals surface area contributed by atoms with Gasteiger partial charge in [-0.25, -0.2) is 4.79 Å². The summed E-state index contributed by atoms with van der Waals surface area (Å²) in [6.07, 6.45) is 1.33. The van der Waals surface area contributed by atoms with Crippen molar-refractivity contribution in [2.24, 2.45) is 0 Å². The SMILES string of the molecule is C=C[S+]([O-])NC1CCN(C(=O)COc2cc(C(=O)O)c(Cl)cc2Cl)CC1. The third-order valence-corrected chi connectivity index (χ3v) is 5.36. The van der Waals surface area contributed by atoms with Crippen LogP contribution in [0.4, 0.5) is 0 Å². The average Bonchev–Trinajstić information content (AvgIpc) is 2.60. The molecule has 0 saturated carbocycles. The van der Waals surface area contributed by atoms with Gasteiger partial charge in [0.2, 0.25) is 0 Å². The Labute approximate surface area is 164 Å². The minimum atomic E-state index is -1.27. The molecule has 0 spiro atoms. The normalized spacial score (nSPS) is 16.2. The van der Waals surface area contributed by atoms with Crippen LogP contribution in [0.2, 0.25) is 10.0 Å². The van der Waals surface area contributed by atoms with Gasteiger partial charge in [-0.15, -0.1) is 4.72 Å². The van der Waals surface area contributed by atoms with Crippen molar-refractivity contribution in [3.05, 3.63) is 39.7 Å². The van der Waals surface area contributed by atoms with E-state index in [1.165, 1.54) is 17.5 Å². The van der Waals surface area contributed by atoms with Gasteiger partial charge in [-0.1, -0.05) is 23.2 Å². The predicted octanol–water partition coefficient (Wildman–Crippen LogP) is 2.46. The van der Waals surface area contributed by atoms with Crippen LogP contribution >= 0.6 is 23.2 Å². The fraction of sp³-hybridized carbons (Fsp3) is 0.375. The molecule has 1 saturated heterocycles. The van der Waals surface area contributed by atoms with Crippen molar-refractivity contribution in [1.82, 2.24) is 9.62 Å². The number of hydrogen-bond acceptors (Lipinski definition) is 5. The molecule has 1 fully saturated rings. The molecule has 1 unspecified atom stereocenters. The van der Waals surface area contributed by atoms with Crippen molar-refractivity contribution in [3.63, 3.8) is 0 Å². The van der Waals surface area contributed by atoms with Crippen molar-refractivity contribution in [2.45, 2.75) is 18.9 Å². The second kappa shape index (κ2) is 9.48. The number of carbonyl (C=O) groups excluding carboxylic acids is 1. The highest BCUT2D eigenvalue weighted by Crippen LogP contribution is 2.31. The van der Waals surface area contributed by atoms with Crippen LogP contribution in [0.1, 0.15) is 23.2 Å². The van der Waals surface area contributed by atoms with Gasteiger partial charge in [-0.3, -0.25) is 4.79 Å². The van der Waals surface area contributed by atoms with Crippen LogP contribution < -0.4 is 9.46 Å². The van der Waals surface area contributed by atoms with Gasteiger partial charge in [-0.05, 0) is 31.6 Å². The number of hydrogen-bond donors (Lipinski definition) is 2. The molecule has 142 valence electrons. The van der Waals surface area contributed by atoms with Crippen molar-refractivity contribution < 1.29 is 24.0 Å². The van der Waals surface area contributed by atoms with E-state index in [-0.39, 0.29) is 39.9 Å². The van der Waals surface area contributed by atoms with Crippen LogP contribution in [0.25, 0.3) is 0 Å². The van der Waals surface area contributed by atoms with Crippen LogP contribution in [-0.2, 0) is 16.2 Å². The molecule has 26 heavy (non-hydrogen) atoms. The van der Waals surface area contributed by atoms with Crippen LogP contribution in [-0.4, -0.2) is 52.2 Å². The quantitative estimate of drug-likeness (QED) is 0.656. The maximum Gasteiger partial charge on any atom is 0.337 e. The topological polar surface area (TPSA) is 102 Å². The summed E-state index contributed by atoms with van der Waals surface area (Å²) in [5, 5.41) is 10.5. The zero-order valence-electron chi connectivity index (χ0n) is 13.7. The van der Waals surface area contributed by atoms with E-state index in [1.807, 2.05) is 0 Å². The number of carboxylic acids is 1. The standard InChI is InChI=1S/C16H18Cl2N2O5S/c1-2-26(24)19-10-3-5-20(6-4-10)15(21)9-25-14-7-11(16(22)23)12(17)8-13(14)18/h2,7-8,10,19H,1,3-6,9H2,(H,22,23). The van der Waals surface area contributed by atoms with E-state index in [4.69, 9.17) is 33.0 Å². The number of nitrogens with one attached hydrogen (secondary N) is 1. The smallest absolute Gasteiger partial charge is 0.337 e. The zero-order chi connectivity index (χ0) is 19.3. The summed E-state index contributed by atoms with van der Waals surface area (Å²) < 4.78 is 19.7. The maximum atomic E-state index is 12.3. The van der Waals surface area contributed by atoms with Gasteiger partial charge in [0.25, 0.3) is 5.91 Å². The lowest BCUT2D eigenvalue weighted by atomic mass is 10.1. The molecule has 0 bridgehead atoms. The molecule has 1 amide bonds. The Morgan fingerprint density at radius 2 is 2.04 bits per heavy atom. The minimum absolute atomic E-state index is 0.00680. The number of ether oxygens (including phenoxy) is 1. The van der Waals surface area contributed by atoms with Crippen LogP contribution in [0.3, 0.4) is 0 Å². The average molecular weight is 421 g/mol. The van der Waals surface area contributed by atoms with Crippen LogP contribution in [0, 0.1) is 0 Å². The van der Waals surface area contributed by atoms with Crippen LogP contribution in [0.15, 0.2) is 24.1 Å². The van der Waals surface area contributed by atoms with E-state index in [1.54, 1.807) is 4.90 Å². The number of halogens is 2. The summed E-state index contributed by atoms with van der Waals surface area (Å²) in [6.45, 7) is 4.19. The second-order valence-corrected chi connectivity index (χ2v) is 7.57. The molecule has 7 nitrogen and oxygen atoms in total. The fourth-order valence-electron chi connectivity index (χ4n) is 2.49. The van der Waals surface area contributed by atoms with E-state index in [0.29, 0.717) is 25.9 Å². The van der Waals surface area contributed by atoms with Crippen molar-refractivity contribution in [3.8, 4) is 5.75 Å². The van der Waals surface area contributed by atoms with Gasteiger partial charge in [-0.2, -0.15) is 0 Å². The van der Waals surface area contributed by atoms with Gasteiger partial charge >= 0.3 is 5.97 Å². The Balaban J connectivity index is 1.89. The maximum absolute atomic E-state index is 12.3. The summed E-state index contributed by atoms with van der Waals surface area (Å²) in [5.41, 5.74) is -0.152. The number of nitrogens with zero attached hydrogens (tertiary/aromatic N) is 1. The first-order valence-corrected chi connectivity index (χ1v) is 9.71. The summed E-state index contributed by atoms with van der Waals surface area (Å²) >= 11 is 10.5. The third kappa shape index (κ3) is 5.52. The summed E-state index contributed by atoms with van der Waals surface area (Å²) in [6, 6.07) is 2.52. The molecule has 0 aromatic heterocycles. The highest BCUT2D eigenvalue weighted by atomic mass is 35.5. The molecule has 2 N–H and O–H groups in total. The number of aromatic carboxylic acids is 1. The predicted molar refractivity (Wildman–Crippen MR) is 100.0 cm³/mol. The number of benzene rings is 1. The van der Waals surface area contributed by atoms with E-state index in [0.717, 1.165) is 0 Å². The first-order valence-electron chi connectivity index (χ1n) is 7.74. The molecular weight excluding hydrogens is 403 g/mol. The fourth-order valence-corrected chi connectivity index (χ4v) is 3.67. The highest BCUT2D eigenvalue weighted by molar-refractivity contribution is 7.92. The van der Waals surface area contributed by atoms with E-state index in [9.17, 15) is 14.1 Å². The molecule has 2 rings (SSSR count). The second-order valence-electron chi connectivity index (χ2n) is 5.59. The number of carboxylic acid groups (broad SMARTS) is 1. The third-order valence-electron chi connectivity index (χ3n) is 3.88. The van der Waals surface area contributed by atoms with Gasteiger partial charge in [0.15, 0.2) is 6.61 Å². The monoisotopic (exact) mass is 420 g/mol. The number of amides is 1. The Morgan fingerprint density at radius 3 is 2.62 bits per heavy atom. The van der Waals surface area contributed by atoms with E-state index in [2.05, 4.69) is 11.3 Å². The molecule has 1 aliphatic heterocycles. The molecule has 1 heterocycles. The highest BCUT2D eigenvalue weighted by Gasteiger charge is 2.25. The number of rotatable bonds is 7. The molecule has 0 radical (unpaired) electrons. The summed E-state index contributed by atoms with van der Waals surface area (Å²) in [5.74, 6) is -1.37. The molecule has 10 heteroatoms. The summed E-state index contributed by atoms with van der Waals surface area (Å²) in [4.78, 5) is 25.0. The van der Waals surface area contributed by atoms with Gasteiger partial charge in [0.1, 0.15) is 11.2 Å². The molecule has 1 aliphatic rings. The minimum Gasteiger partial charge on any atom is -0.593 e.